The third kappa shape index (κ3) is 3.33. The standard InChI is InChI=1S/C17H28N2O/c1-3-17(18,13-20)11-6-12-19-14(2)9-10-15-7-4-5-8-16(15)19/h4-5,7-8,14,20H,3,6,9-13,18H2,1-2H3. The summed E-state index contributed by atoms with van der Waals surface area (Å²) in [7, 11) is 0. The second kappa shape index (κ2) is 6.59. The normalized spacial score (nSPS) is 21.4. The highest BCUT2D eigenvalue weighted by Crippen LogP contribution is 2.30. The van der Waals surface area contributed by atoms with Crippen molar-refractivity contribution in [3.63, 3.8) is 0 Å². The minimum atomic E-state index is -0.404. The molecule has 1 aliphatic heterocycles. The number of anilines is 1. The van der Waals surface area contributed by atoms with Gasteiger partial charge in [0.1, 0.15) is 0 Å². The molecule has 0 saturated heterocycles. The molecule has 1 aromatic rings. The van der Waals surface area contributed by atoms with E-state index in [9.17, 15) is 5.11 Å². The predicted octanol–water partition coefficient (Wildman–Crippen LogP) is 2.71. The number of aliphatic hydroxyl groups is 1. The molecule has 20 heavy (non-hydrogen) atoms. The average molecular weight is 276 g/mol. The minimum absolute atomic E-state index is 0.0790. The fraction of sp³-hybridized carbons (Fsp3) is 0.647. The van der Waals surface area contributed by atoms with Crippen molar-refractivity contribution in [3.8, 4) is 0 Å². The van der Waals surface area contributed by atoms with Gasteiger partial charge in [0.15, 0.2) is 0 Å². The molecule has 1 aliphatic rings. The van der Waals surface area contributed by atoms with Crippen LogP contribution in [0.3, 0.4) is 0 Å². The maximum Gasteiger partial charge on any atom is 0.0611 e. The summed E-state index contributed by atoms with van der Waals surface area (Å²) in [6, 6.07) is 9.30. The zero-order chi connectivity index (χ0) is 14.6. The number of aryl methyl sites for hydroxylation is 1. The molecule has 0 spiro atoms. The number of fused-ring (bicyclic) bond motifs is 1. The third-order valence-electron chi connectivity index (χ3n) is 4.76. The summed E-state index contributed by atoms with van der Waals surface area (Å²) in [5.41, 5.74) is 8.61. The summed E-state index contributed by atoms with van der Waals surface area (Å²) in [5, 5.41) is 9.39. The van der Waals surface area contributed by atoms with Crippen molar-refractivity contribution in [2.24, 2.45) is 5.73 Å². The Morgan fingerprint density at radius 2 is 2.15 bits per heavy atom. The fourth-order valence-electron chi connectivity index (χ4n) is 3.07. The molecule has 3 nitrogen and oxygen atoms in total. The van der Waals surface area contributed by atoms with E-state index in [2.05, 4.69) is 43.0 Å². The van der Waals surface area contributed by atoms with Crippen LogP contribution < -0.4 is 10.6 Å². The lowest BCUT2D eigenvalue weighted by Crippen LogP contribution is -2.44. The van der Waals surface area contributed by atoms with Crippen molar-refractivity contribution < 1.29 is 5.11 Å². The Hall–Kier alpha value is -1.06. The molecule has 2 unspecified atom stereocenters. The molecule has 112 valence electrons. The Labute approximate surface area is 122 Å². The summed E-state index contributed by atoms with van der Waals surface area (Å²) in [6.45, 7) is 5.46. The first-order chi connectivity index (χ1) is 9.59. The smallest absolute Gasteiger partial charge is 0.0611 e. The Morgan fingerprint density at radius 1 is 1.40 bits per heavy atom. The van der Waals surface area contributed by atoms with Crippen LogP contribution in [0.5, 0.6) is 0 Å². The summed E-state index contributed by atoms with van der Waals surface area (Å²) in [6.07, 6.45) is 5.14. The molecule has 1 heterocycles. The van der Waals surface area contributed by atoms with Gasteiger partial charge in [-0.05, 0) is 50.7 Å². The second-order valence-corrected chi connectivity index (χ2v) is 6.19. The maximum absolute atomic E-state index is 9.39. The van der Waals surface area contributed by atoms with Gasteiger partial charge < -0.3 is 15.7 Å². The Kier molecular flexibility index (Phi) is 5.06. The van der Waals surface area contributed by atoms with Crippen molar-refractivity contribution in [3.05, 3.63) is 29.8 Å². The molecular weight excluding hydrogens is 248 g/mol. The Balaban J connectivity index is 1.99. The summed E-state index contributed by atoms with van der Waals surface area (Å²) < 4.78 is 0. The SMILES string of the molecule is CCC(N)(CO)CCCN1c2ccccc2CCC1C. The molecular formula is C17H28N2O. The molecule has 0 bridgehead atoms. The number of aliphatic hydroxyl groups excluding tert-OH is 1. The van der Waals surface area contributed by atoms with Crippen LogP contribution in [0.4, 0.5) is 5.69 Å². The number of hydrogen-bond acceptors (Lipinski definition) is 3. The van der Waals surface area contributed by atoms with Gasteiger partial charge in [0, 0.05) is 23.8 Å². The highest BCUT2D eigenvalue weighted by Gasteiger charge is 2.25. The molecule has 0 aliphatic carbocycles. The monoisotopic (exact) mass is 276 g/mol. The first-order valence-corrected chi connectivity index (χ1v) is 7.84. The molecule has 2 rings (SSSR count). The lowest BCUT2D eigenvalue weighted by Gasteiger charge is -2.38. The number of rotatable bonds is 6. The summed E-state index contributed by atoms with van der Waals surface area (Å²) in [5.74, 6) is 0. The lowest BCUT2D eigenvalue weighted by atomic mass is 9.91. The van der Waals surface area contributed by atoms with Crippen LogP contribution in [0.15, 0.2) is 24.3 Å². The van der Waals surface area contributed by atoms with Crippen molar-refractivity contribution >= 4 is 5.69 Å². The molecule has 0 saturated carbocycles. The van der Waals surface area contributed by atoms with Crippen LogP contribution in [-0.2, 0) is 6.42 Å². The van der Waals surface area contributed by atoms with E-state index >= 15 is 0 Å². The lowest BCUT2D eigenvalue weighted by molar-refractivity contribution is 0.180. The minimum Gasteiger partial charge on any atom is -0.394 e. The van der Waals surface area contributed by atoms with Gasteiger partial charge in [-0.2, -0.15) is 0 Å². The van der Waals surface area contributed by atoms with Gasteiger partial charge in [0.2, 0.25) is 0 Å². The van der Waals surface area contributed by atoms with Gasteiger partial charge in [0.05, 0.1) is 6.61 Å². The highest BCUT2D eigenvalue weighted by atomic mass is 16.3. The molecule has 3 N–H and O–H groups in total. The molecule has 1 aromatic carbocycles. The molecule has 3 heteroatoms. The largest absolute Gasteiger partial charge is 0.394 e. The van der Waals surface area contributed by atoms with E-state index in [1.807, 2.05) is 0 Å². The van der Waals surface area contributed by atoms with E-state index in [0.29, 0.717) is 6.04 Å². The zero-order valence-electron chi connectivity index (χ0n) is 12.8. The van der Waals surface area contributed by atoms with Crippen LogP contribution in [0.25, 0.3) is 0 Å². The van der Waals surface area contributed by atoms with Gasteiger partial charge >= 0.3 is 0 Å². The number of para-hydroxylation sites is 1. The van der Waals surface area contributed by atoms with Gasteiger partial charge in [-0.15, -0.1) is 0 Å². The van der Waals surface area contributed by atoms with Crippen LogP contribution in [0, 0.1) is 0 Å². The van der Waals surface area contributed by atoms with Gasteiger partial charge in [-0.3, -0.25) is 0 Å². The van der Waals surface area contributed by atoms with Crippen molar-refractivity contribution in [1.82, 2.24) is 0 Å². The summed E-state index contributed by atoms with van der Waals surface area (Å²) >= 11 is 0. The number of nitrogens with two attached hydrogens (primary N) is 1. The zero-order valence-corrected chi connectivity index (χ0v) is 12.8. The van der Waals surface area contributed by atoms with E-state index in [1.54, 1.807) is 0 Å². The number of hydrogen-bond donors (Lipinski definition) is 2. The van der Waals surface area contributed by atoms with Gasteiger partial charge in [-0.1, -0.05) is 25.1 Å². The maximum atomic E-state index is 9.39. The molecule has 0 amide bonds. The topological polar surface area (TPSA) is 49.5 Å². The van der Waals surface area contributed by atoms with E-state index in [1.165, 1.54) is 24.1 Å². The van der Waals surface area contributed by atoms with Crippen LogP contribution in [0.2, 0.25) is 0 Å². The van der Waals surface area contributed by atoms with E-state index < -0.39 is 5.54 Å². The van der Waals surface area contributed by atoms with Crippen LogP contribution in [-0.4, -0.2) is 29.8 Å². The second-order valence-electron chi connectivity index (χ2n) is 6.19. The Bertz CT molecular complexity index is 429. The van der Waals surface area contributed by atoms with Crippen molar-refractivity contribution in [1.29, 1.82) is 0 Å². The predicted molar refractivity (Wildman–Crippen MR) is 85.1 cm³/mol. The molecule has 0 aromatic heterocycles. The Morgan fingerprint density at radius 3 is 2.85 bits per heavy atom. The highest BCUT2D eigenvalue weighted by molar-refractivity contribution is 5.56. The van der Waals surface area contributed by atoms with E-state index in [-0.39, 0.29) is 6.61 Å². The third-order valence-corrected chi connectivity index (χ3v) is 4.76. The van der Waals surface area contributed by atoms with Crippen LogP contribution >= 0.6 is 0 Å². The first-order valence-electron chi connectivity index (χ1n) is 7.84. The quantitative estimate of drug-likeness (QED) is 0.840. The average Bonchev–Trinajstić information content (AvgIpc) is 2.49. The number of benzene rings is 1. The van der Waals surface area contributed by atoms with Crippen LogP contribution in [0.1, 0.15) is 45.1 Å². The van der Waals surface area contributed by atoms with Crippen molar-refractivity contribution in [2.75, 3.05) is 18.1 Å². The summed E-state index contributed by atoms with van der Waals surface area (Å²) in [4.78, 5) is 2.51. The molecule has 0 fully saturated rings. The van der Waals surface area contributed by atoms with E-state index in [4.69, 9.17) is 5.73 Å². The van der Waals surface area contributed by atoms with Gasteiger partial charge in [-0.25, -0.2) is 0 Å². The fourth-order valence-corrected chi connectivity index (χ4v) is 3.07. The first kappa shape index (κ1) is 15.3. The molecule has 2 atom stereocenters. The number of nitrogens with zero attached hydrogens (tertiary/aromatic N) is 1. The van der Waals surface area contributed by atoms with Gasteiger partial charge in [0.25, 0.3) is 0 Å². The van der Waals surface area contributed by atoms with Crippen molar-refractivity contribution in [2.45, 2.75) is 57.5 Å². The molecule has 0 radical (unpaired) electrons. The van der Waals surface area contributed by atoms with E-state index in [0.717, 1.165) is 25.8 Å².